The first-order valence-corrected chi connectivity index (χ1v) is 8.53. The Kier molecular flexibility index (Phi) is 3.64. The van der Waals surface area contributed by atoms with Crippen LogP contribution in [0.25, 0.3) is 0 Å². The molecular weight excluding hydrogens is 346 g/mol. The highest BCUT2D eigenvalue weighted by atomic mass is 35.5. The van der Waals surface area contributed by atoms with Crippen molar-refractivity contribution >= 4 is 35.0 Å². The van der Waals surface area contributed by atoms with Crippen LogP contribution in [0.1, 0.15) is 12.5 Å². The van der Waals surface area contributed by atoms with E-state index in [-0.39, 0.29) is 36.9 Å². The number of amides is 3. The maximum atomic E-state index is 13.0. The first kappa shape index (κ1) is 16.5. The number of carbonyl (C=O) groups is 3. The molecule has 3 heterocycles. The van der Waals surface area contributed by atoms with Gasteiger partial charge in [0.05, 0.1) is 35.7 Å². The van der Waals surface area contributed by atoms with E-state index in [9.17, 15) is 14.4 Å². The molecule has 2 saturated heterocycles. The largest absolute Gasteiger partial charge is 0.383 e. The molecule has 1 aromatic rings. The fourth-order valence-electron chi connectivity index (χ4n) is 4.42. The van der Waals surface area contributed by atoms with Gasteiger partial charge in [-0.1, -0.05) is 23.7 Å². The topological polar surface area (TPSA) is 87.7 Å². The fourth-order valence-corrected chi connectivity index (χ4v) is 4.64. The number of likely N-dealkylation sites (tertiary alicyclic amines) is 1. The number of anilines is 1. The minimum Gasteiger partial charge on any atom is -0.383 e. The molecule has 2 unspecified atom stereocenters. The molecule has 3 aliphatic rings. The summed E-state index contributed by atoms with van der Waals surface area (Å²) in [4.78, 5) is 40.0. The van der Waals surface area contributed by atoms with Crippen LogP contribution >= 0.6 is 11.6 Å². The number of hydrogen-bond donors (Lipinski definition) is 2. The van der Waals surface area contributed by atoms with Gasteiger partial charge in [0.15, 0.2) is 0 Å². The summed E-state index contributed by atoms with van der Waals surface area (Å²) < 4.78 is 5.00. The summed E-state index contributed by atoms with van der Waals surface area (Å²) in [5.74, 6) is -2.31. The number of hydrogen-bond acceptors (Lipinski definition) is 5. The lowest BCUT2D eigenvalue weighted by Gasteiger charge is -2.29. The first-order chi connectivity index (χ1) is 11.9. The molecule has 3 amide bonds. The fraction of sp³-hybridized carbons (Fsp3) is 0.471. The van der Waals surface area contributed by atoms with Gasteiger partial charge >= 0.3 is 0 Å². The molecule has 4 rings (SSSR count). The molecule has 3 aliphatic heterocycles. The summed E-state index contributed by atoms with van der Waals surface area (Å²) in [7, 11) is 1.51. The van der Waals surface area contributed by atoms with Crippen molar-refractivity contribution in [3.63, 3.8) is 0 Å². The molecule has 0 saturated carbocycles. The van der Waals surface area contributed by atoms with E-state index in [0.717, 1.165) is 0 Å². The quantitative estimate of drug-likeness (QED) is 0.773. The van der Waals surface area contributed by atoms with Gasteiger partial charge in [0.1, 0.15) is 5.54 Å². The van der Waals surface area contributed by atoms with Crippen molar-refractivity contribution in [2.75, 3.05) is 25.6 Å². The van der Waals surface area contributed by atoms with Crippen molar-refractivity contribution in [3.05, 3.63) is 28.8 Å². The highest BCUT2D eigenvalue weighted by molar-refractivity contribution is 6.35. The molecule has 0 bridgehead atoms. The number of nitrogens with one attached hydrogen (secondary N) is 2. The van der Waals surface area contributed by atoms with Crippen molar-refractivity contribution in [1.29, 1.82) is 0 Å². The van der Waals surface area contributed by atoms with Crippen LogP contribution in [-0.4, -0.2) is 48.9 Å². The van der Waals surface area contributed by atoms with Gasteiger partial charge in [-0.2, -0.15) is 0 Å². The SMILES string of the molecule is COCCN1C(=O)[C@@H]2C(C)NC3(C(=O)Nc4c(Cl)cccc43)[C@@H]2C1=O. The number of carbonyl (C=O) groups excluding carboxylic acids is 3. The van der Waals surface area contributed by atoms with Crippen LogP contribution in [0.15, 0.2) is 18.2 Å². The number of nitrogens with zero attached hydrogens (tertiary/aromatic N) is 1. The van der Waals surface area contributed by atoms with E-state index in [1.165, 1.54) is 12.0 Å². The lowest BCUT2D eigenvalue weighted by Crippen LogP contribution is -2.53. The number of rotatable bonds is 3. The van der Waals surface area contributed by atoms with Crippen molar-refractivity contribution < 1.29 is 19.1 Å². The van der Waals surface area contributed by atoms with E-state index in [1.54, 1.807) is 18.2 Å². The third kappa shape index (κ3) is 1.97. The number of imide groups is 1. The van der Waals surface area contributed by atoms with E-state index in [0.29, 0.717) is 16.3 Å². The number of halogens is 1. The van der Waals surface area contributed by atoms with E-state index in [4.69, 9.17) is 16.3 Å². The molecule has 4 atom stereocenters. The Bertz CT molecular complexity index is 798. The first-order valence-electron chi connectivity index (χ1n) is 8.15. The Morgan fingerprint density at radius 3 is 2.76 bits per heavy atom. The van der Waals surface area contributed by atoms with Gasteiger partial charge in [-0.05, 0) is 13.0 Å². The molecular formula is C17H18ClN3O4. The normalized spacial score (nSPS) is 33.2. The molecule has 132 valence electrons. The molecule has 25 heavy (non-hydrogen) atoms. The van der Waals surface area contributed by atoms with E-state index >= 15 is 0 Å². The van der Waals surface area contributed by atoms with Gasteiger partial charge in [0.25, 0.3) is 0 Å². The van der Waals surface area contributed by atoms with Gasteiger partial charge in [0.2, 0.25) is 17.7 Å². The minimum atomic E-state index is -1.26. The average Bonchev–Trinajstić information content (AvgIpc) is 3.13. The van der Waals surface area contributed by atoms with Crippen molar-refractivity contribution in [2.45, 2.75) is 18.5 Å². The summed E-state index contributed by atoms with van der Waals surface area (Å²) in [5, 5.41) is 6.43. The summed E-state index contributed by atoms with van der Waals surface area (Å²) in [6.45, 7) is 2.28. The average molecular weight is 364 g/mol. The Morgan fingerprint density at radius 1 is 1.28 bits per heavy atom. The zero-order chi connectivity index (χ0) is 17.9. The van der Waals surface area contributed by atoms with Crippen LogP contribution in [0.3, 0.4) is 0 Å². The Hall–Kier alpha value is -1.96. The molecule has 1 spiro atoms. The van der Waals surface area contributed by atoms with E-state index in [1.807, 2.05) is 6.92 Å². The van der Waals surface area contributed by atoms with Crippen molar-refractivity contribution in [2.24, 2.45) is 11.8 Å². The Morgan fingerprint density at radius 2 is 2.04 bits per heavy atom. The second-order valence-electron chi connectivity index (χ2n) is 6.68. The van der Waals surface area contributed by atoms with Crippen molar-refractivity contribution in [3.8, 4) is 0 Å². The van der Waals surface area contributed by atoms with Crippen LogP contribution in [0.2, 0.25) is 5.02 Å². The Balaban J connectivity index is 1.84. The van der Waals surface area contributed by atoms with Crippen LogP contribution in [-0.2, 0) is 24.7 Å². The number of benzene rings is 1. The van der Waals surface area contributed by atoms with Crippen LogP contribution < -0.4 is 10.6 Å². The molecule has 7 nitrogen and oxygen atoms in total. The maximum absolute atomic E-state index is 13.0. The van der Waals surface area contributed by atoms with Gasteiger partial charge in [-0.3, -0.25) is 24.6 Å². The maximum Gasteiger partial charge on any atom is 0.250 e. The van der Waals surface area contributed by atoms with E-state index in [2.05, 4.69) is 10.6 Å². The zero-order valence-electron chi connectivity index (χ0n) is 13.8. The smallest absolute Gasteiger partial charge is 0.250 e. The predicted octanol–water partition coefficient (Wildman–Crippen LogP) is 0.727. The highest BCUT2D eigenvalue weighted by Crippen LogP contribution is 2.53. The summed E-state index contributed by atoms with van der Waals surface area (Å²) >= 11 is 6.22. The predicted molar refractivity (Wildman–Crippen MR) is 89.9 cm³/mol. The standard InChI is InChI=1S/C17H18ClN3O4/c1-8-11-12(15(23)21(14(11)22)6-7-25-2)17(20-8)9-4-3-5-10(18)13(9)19-16(17)24/h3-5,8,11-12,20H,6-7H2,1-2H3,(H,19,24)/t8?,11-,12+,17?/m1/s1. The number of para-hydroxylation sites is 1. The van der Waals surface area contributed by atoms with Gasteiger partial charge in [-0.15, -0.1) is 0 Å². The van der Waals surface area contributed by atoms with Crippen molar-refractivity contribution in [1.82, 2.24) is 10.2 Å². The third-order valence-electron chi connectivity index (χ3n) is 5.46. The lowest BCUT2D eigenvalue weighted by atomic mass is 9.76. The lowest BCUT2D eigenvalue weighted by molar-refractivity contribution is -0.143. The van der Waals surface area contributed by atoms with Crippen LogP contribution in [0, 0.1) is 11.8 Å². The van der Waals surface area contributed by atoms with Gasteiger partial charge < -0.3 is 10.1 Å². The molecule has 0 radical (unpaired) electrons. The molecule has 0 aliphatic carbocycles. The minimum absolute atomic E-state index is 0.188. The van der Waals surface area contributed by atoms with Gasteiger partial charge in [-0.25, -0.2) is 0 Å². The molecule has 2 fully saturated rings. The zero-order valence-corrected chi connectivity index (χ0v) is 14.6. The highest BCUT2D eigenvalue weighted by Gasteiger charge is 2.69. The third-order valence-corrected chi connectivity index (χ3v) is 5.77. The number of ether oxygens (including phenoxy) is 1. The molecule has 2 N–H and O–H groups in total. The second-order valence-corrected chi connectivity index (χ2v) is 7.09. The Labute approximate surface area is 149 Å². The number of methoxy groups -OCH3 is 1. The van der Waals surface area contributed by atoms with Crippen LogP contribution in [0.5, 0.6) is 0 Å². The summed E-state index contributed by atoms with van der Waals surface area (Å²) in [6, 6.07) is 4.88. The monoisotopic (exact) mass is 363 g/mol. The van der Waals surface area contributed by atoms with Crippen LogP contribution in [0.4, 0.5) is 5.69 Å². The molecule has 0 aromatic heterocycles. The number of fused-ring (bicyclic) bond motifs is 4. The molecule has 1 aromatic carbocycles. The summed E-state index contributed by atoms with van der Waals surface area (Å²) in [6.07, 6.45) is 0. The second kappa shape index (κ2) is 5.52. The van der Waals surface area contributed by atoms with Gasteiger partial charge in [0, 0.05) is 18.7 Å². The summed E-state index contributed by atoms with van der Waals surface area (Å²) in [5.41, 5.74) is -0.136. The molecule has 8 heteroatoms. The van der Waals surface area contributed by atoms with E-state index < -0.39 is 17.4 Å².